The summed E-state index contributed by atoms with van der Waals surface area (Å²) in [6.07, 6.45) is -27.0. The van der Waals surface area contributed by atoms with E-state index in [2.05, 4.69) is 5.32 Å². The molecule has 0 aromatic carbocycles. The largest absolute Gasteiger partial charge is 0.477 e. The molecule has 0 aromatic heterocycles. The monoisotopic (exact) mass is 673 g/mol. The molecule has 3 aliphatic heterocycles. The first-order valence-electron chi connectivity index (χ1n) is 14.4. The molecule has 3 fully saturated rings. The second kappa shape index (κ2) is 15.9. The lowest BCUT2D eigenvalue weighted by atomic mass is 9.88. The number of aliphatic hydroxyl groups is 10. The Labute approximate surface area is 261 Å². The lowest BCUT2D eigenvalue weighted by molar-refractivity contribution is -0.381. The Morgan fingerprint density at radius 3 is 2.02 bits per heavy atom. The molecule has 0 saturated carbocycles. The van der Waals surface area contributed by atoms with Crippen LogP contribution in [-0.2, 0) is 38.1 Å². The number of aliphatic carboxylic acids is 1. The molecule has 0 radical (unpaired) electrons. The number of ether oxygens (including phenoxy) is 5. The number of Topliss-reactive ketones (excluding diaryl/α,β-unsaturated/α-hetero) is 1. The van der Waals surface area contributed by atoms with Crippen LogP contribution in [0.25, 0.3) is 0 Å². The van der Waals surface area contributed by atoms with Gasteiger partial charge in [-0.25, -0.2) is 4.79 Å². The smallest absolute Gasteiger partial charge is 0.364 e. The van der Waals surface area contributed by atoms with Crippen LogP contribution in [0.5, 0.6) is 0 Å². The normalized spacial score (nSPS) is 43.0. The van der Waals surface area contributed by atoms with Gasteiger partial charge in [0.25, 0.3) is 5.79 Å². The van der Waals surface area contributed by atoms with Crippen molar-refractivity contribution in [1.82, 2.24) is 5.32 Å². The number of amides is 1. The summed E-state index contributed by atoms with van der Waals surface area (Å²) in [6, 6.07) is -1.54. The predicted molar refractivity (Wildman–Crippen MR) is 143 cm³/mol. The molecule has 46 heavy (non-hydrogen) atoms. The zero-order valence-electron chi connectivity index (χ0n) is 24.9. The van der Waals surface area contributed by atoms with Gasteiger partial charge in [-0.05, 0) is 6.92 Å². The second-order valence-electron chi connectivity index (χ2n) is 11.6. The quantitative estimate of drug-likeness (QED) is 0.0863. The molecule has 16 atom stereocenters. The number of aliphatic hydroxyl groups excluding tert-OH is 10. The van der Waals surface area contributed by atoms with Crippen LogP contribution in [-0.4, -0.2) is 191 Å². The van der Waals surface area contributed by atoms with Crippen molar-refractivity contribution in [2.24, 2.45) is 0 Å². The Balaban J connectivity index is 1.93. The minimum atomic E-state index is -3.03. The van der Waals surface area contributed by atoms with Crippen molar-refractivity contribution >= 4 is 17.7 Å². The molecule has 266 valence electrons. The molecular formula is C26H43NO19. The van der Waals surface area contributed by atoms with E-state index in [1.165, 1.54) is 6.92 Å². The molecule has 1 amide bonds. The first-order valence-corrected chi connectivity index (χ1v) is 14.4. The fourth-order valence-corrected chi connectivity index (χ4v) is 5.71. The highest BCUT2D eigenvalue weighted by molar-refractivity contribution is 5.77. The Morgan fingerprint density at radius 1 is 0.870 bits per heavy atom. The number of hydrogen-bond acceptors (Lipinski definition) is 18. The molecule has 0 bridgehead atoms. The Kier molecular flexibility index (Phi) is 13.3. The van der Waals surface area contributed by atoms with E-state index in [1.807, 2.05) is 0 Å². The van der Waals surface area contributed by atoms with Crippen molar-refractivity contribution in [1.29, 1.82) is 0 Å². The molecule has 20 heteroatoms. The van der Waals surface area contributed by atoms with Crippen molar-refractivity contribution in [3.63, 3.8) is 0 Å². The van der Waals surface area contributed by atoms with Crippen LogP contribution >= 0.6 is 0 Å². The van der Waals surface area contributed by atoms with Gasteiger partial charge in [-0.3, -0.25) is 9.59 Å². The van der Waals surface area contributed by atoms with Crippen molar-refractivity contribution in [3.8, 4) is 0 Å². The van der Waals surface area contributed by atoms with Gasteiger partial charge in [0.1, 0.15) is 72.9 Å². The molecule has 0 unspecified atom stereocenters. The number of carbonyl (C=O) groups excluding carboxylic acids is 2. The highest BCUT2D eigenvalue weighted by Gasteiger charge is 2.60. The lowest BCUT2D eigenvalue weighted by Gasteiger charge is -2.50. The third-order valence-corrected chi connectivity index (χ3v) is 8.08. The molecule has 0 aromatic rings. The van der Waals surface area contributed by atoms with E-state index in [0.29, 0.717) is 0 Å². The van der Waals surface area contributed by atoms with Crippen LogP contribution in [0, 0.1) is 0 Å². The second-order valence-corrected chi connectivity index (χ2v) is 11.6. The van der Waals surface area contributed by atoms with Crippen LogP contribution in [0.15, 0.2) is 0 Å². The molecule has 3 heterocycles. The van der Waals surface area contributed by atoms with E-state index >= 15 is 0 Å². The van der Waals surface area contributed by atoms with Crippen LogP contribution in [0.1, 0.15) is 26.7 Å². The Hall–Kier alpha value is -1.99. The van der Waals surface area contributed by atoms with Gasteiger partial charge in [0, 0.05) is 19.8 Å². The predicted octanol–water partition coefficient (Wildman–Crippen LogP) is -7.19. The maximum atomic E-state index is 12.6. The van der Waals surface area contributed by atoms with E-state index in [-0.39, 0.29) is 6.42 Å². The minimum Gasteiger partial charge on any atom is -0.477 e. The number of carboxylic acids is 1. The first-order chi connectivity index (χ1) is 21.5. The van der Waals surface area contributed by atoms with Gasteiger partial charge in [0.2, 0.25) is 5.91 Å². The van der Waals surface area contributed by atoms with E-state index in [1.54, 1.807) is 0 Å². The molecule has 12 N–H and O–H groups in total. The number of carboxylic acid groups (broad SMARTS) is 1. The van der Waals surface area contributed by atoms with Gasteiger partial charge in [0.05, 0.1) is 38.1 Å². The van der Waals surface area contributed by atoms with Gasteiger partial charge < -0.3 is 85.2 Å². The third-order valence-electron chi connectivity index (χ3n) is 8.08. The van der Waals surface area contributed by atoms with Crippen molar-refractivity contribution in [3.05, 3.63) is 0 Å². The highest BCUT2D eigenvalue weighted by atomic mass is 16.8. The van der Waals surface area contributed by atoms with Gasteiger partial charge in [-0.2, -0.15) is 0 Å². The van der Waals surface area contributed by atoms with Crippen LogP contribution in [0.2, 0.25) is 0 Å². The standard InChI is InChI=1S/C26H43NO19/c1-8(31)3-12-17(36)19(38)21(14(7-30)42-12)44-24-20(39)23(18(37)13(6-29)43-24)46-26(25(40)41)4-10(33)15(27-9(2)32)22(45-26)16(35)11(34)5-28/h10-24,28-30,33-39H,3-7H2,1-2H3,(H,27,32)(H,40,41)/t10-,11+,12-,13+,14+,15+,16+,17-,18-,19+,20+,21+,22+,23-,24-,26-/m0/s1. The highest BCUT2D eigenvalue weighted by Crippen LogP contribution is 2.38. The maximum absolute atomic E-state index is 12.6. The molecule has 0 aliphatic carbocycles. The number of nitrogens with one attached hydrogen (secondary N) is 1. The summed E-state index contributed by atoms with van der Waals surface area (Å²) < 4.78 is 27.7. The van der Waals surface area contributed by atoms with Crippen LogP contribution < -0.4 is 5.32 Å². The summed E-state index contributed by atoms with van der Waals surface area (Å²) in [5.41, 5.74) is 0. The molecule has 3 rings (SSSR count). The van der Waals surface area contributed by atoms with Crippen LogP contribution in [0.3, 0.4) is 0 Å². The SMILES string of the molecule is CC(=O)C[C@@H]1O[C@H](CO)[C@@H](O[C@@H]2O[C@H](CO)[C@H](O)[C@H](O[C@]3(C(=O)O)C[C@H](O)[C@@H](NC(C)=O)[C@H]([C@H](O)[C@H](O)CO)O3)[C@H]2O)[C@H](O)[C@H]1O. The van der Waals surface area contributed by atoms with E-state index < -0.39 is 141 Å². The third kappa shape index (κ3) is 8.17. The number of hydrogen-bond donors (Lipinski definition) is 12. The molecule has 3 saturated heterocycles. The molecule has 20 nitrogen and oxygen atoms in total. The summed E-state index contributed by atoms with van der Waals surface area (Å²) in [6.45, 7) is -0.583. The van der Waals surface area contributed by atoms with E-state index in [0.717, 1.165) is 6.92 Å². The topological polar surface area (TPSA) is 332 Å². The molecule has 0 spiro atoms. The average molecular weight is 674 g/mol. The summed E-state index contributed by atoms with van der Waals surface area (Å²) in [7, 11) is 0. The van der Waals surface area contributed by atoms with Gasteiger partial charge in [0.15, 0.2) is 6.29 Å². The number of rotatable bonds is 13. The summed E-state index contributed by atoms with van der Waals surface area (Å²) in [5, 5.41) is 116. The maximum Gasteiger partial charge on any atom is 0.364 e. The number of carbonyl (C=O) groups is 3. The number of ketones is 1. The average Bonchev–Trinajstić information content (AvgIpc) is 2.99. The van der Waals surface area contributed by atoms with Gasteiger partial charge in [-0.15, -0.1) is 0 Å². The fourth-order valence-electron chi connectivity index (χ4n) is 5.71. The molecule has 3 aliphatic rings. The van der Waals surface area contributed by atoms with Crippen molar-refractivity contribution in [2.75, 3.05) is 19.8 Å². The van der Waals surface area contributed by atoms with Crippen molar-refractivity contribution < 1.29 is 94.2 Å². The van der Waals surface area contributed by atoms with Crippen LogP contribution in [0.4, 0.5) is 0 Å². The zero-order chi connectivity index (χ0) is 34.7. The summed E-state index contributed by atoms with van der Waals surface area (Å²) >= 11 is 0. The Morgan fingerprint density at radius 2 is 1.50 bits per heavy atom. The fraction of sp³-hybridized carbons (Fsp3) is 0.885. The molecular weight excluding hydrogens is 630 g/mol. The zero-order valence-corrected chi connectivity index (χ0v) is 24.9. The lowest BCUT2D eigenvalue weighted by Crippen LogP contribution is -2.70. The Bertz CT molecular complexity index is 1050. The van der Waals surface area contributed by atoms with E-state index in [9.17, 15) is 70.6 Å². The van der Waals surface area contributed by atoms with Gasteiger partial charge >= 0.3 is 5.97 Å². The van der Waals surface area contributed by atoms with Gasteiger partial charge in [-0.1, -0.05) is 0 Å². The summed E-state index contributed by atoms with van der Waals surface area (Å²) in [4.78, 5) is 36.0. The van der Waals surface area contributed by atoms with Crippen molar-refractivity contribution in [2.45, 2.75) is 124 Å². The van der Waals surface area contributed by atoms with E-state index in [4.69, 9.17) is 23.7 Å². The summed E-state index contributed by atoms with van der Waals surface area (Å²) in [5.74, 6) is -6.14. The first kappa shape index (κ1) is 38.5. The minimum absolute atomic E-state index is 0.324.